The van der Waals surface area contributed by atoms with Gasteiger partial charge in [-0.15, -0.1) is 0 Å². The molecule has 16 heavy (non-hydrogen) atoms. The van der Waals surface area contributed by atoms with Gasteiger partial charge in [0.25, 0.3) is 0 Å². The van der Waals surface area contributed by atoms with Gasteiger partial charge in [-0.05, 0) is 43.9 Å². The van der Waals surface area contributed by atoms with Crippen LogP contribution in [0.15, 0.2) is 30.7 Å². The highest BCUT2D eigenvalue weighted by Gasteiger charge is 1.97. The fourth-order valence-corrected chi connectivity index (χ4v) is 1.48. The van der Waals surface area contributed by atoms with Crippen LogP contribution in [0.25, 0.3) is 0 Å². The molecule has 0 amide bonds. The summed E-state index contributed by atoms with van der Waals surface area (Å²) in [7, 11) is 0. The topological polar surface area (TPSA) is 38.7 Å². The summed E-state index contributed by atoms with van der Waals surface area (Å²) in [5.41, 5.74) is 3.49. The number of aryl methyl sites for hydroxylation is 4. The van der Waals surface area contributed by atoms with Crippen molar-refractivity contribution in [3.63, 3.8) is 0 Å². The number of hydrogen-bond donors (Lipinski definition) is 0. The van der Waals surface area contributed by atoms with Crippen LogP contribution in [0.5, 0.6) is 0 Å². The van der Waals surface area contributed by atoms with Crippen LogP contribution in [0.1, 0.15) is 22.6 Å². The normalized spacial score (nSPS) is 10.4. The maximum absolute atomic E-state index is 4.27. The molecule has 0 aliphatic carbocycles. The Morgan fingerprint density at radius 1 is 0.812 bits per heavy atom. The van der Waals surface area contributed by atoms with Gasteiger partial charge in [-0.3, -0.25) is 4.98 Å². The molecule has 3 heteroatoms. The highest BCUT2D eigenvalue weighted by atomic mass is 14.8. The number of pyridine rings is 1. The quantitative estimate of drug-likeness (QED) is 0.785. The smallest absolute Gasteiger partial charge is 0.125 e. The van der Waals surface area contributed by atoms with Gasteiger partial charge in [0.1, 0.15) is 5.82 Å². The van der Waals surface area contributed by atoms with E-state index in [9.17, 15) is 0 Å². The average Bonchev–Trinajstić information content (AvgIpc) is 2.30. The van der Waals surface area contributed by atoms with E-state index in [2.05, 4.69) is 21.0 Å². The van der Waals surface area contributed by atoms with Crippen LogP contribution in [-0.4, -0.2) is 15.0 Å². The minimum Gasteiger partial charge on any atom is -0.261 e. The maximum Gasteiger partial charge on any atom is 0.125 e. The summed E-state index contributed by atoms with van der Waals surface area (Å²) >= 11 is 0. The summed E-state index contributed by atoms with van der Waals surface area (Å²) in [6.07, 6.45) is 7.67. The Hall–Kier alpha value is -1.77. The number of nitrogens with zero attached hydrogens (tertiary/aromatic N) is 3. The number of rotatable bonds is 3. The van der Waals surface area contributed by atoms with Gasteiger partial charge in [-0.25, -0.2) is 9.97 Å². The summed E-state index contributed by atoms with van der Waals surface area (Å²) < 4.78 is 0. The molecular formula is C13H15N3. The Morgan fingerprint density at radius 3 is 2.06 bits per heavy atom. The second-order valence-corrected chi connectivity index (χ2v) is 3.95. The van der Waals surface area contributed by atoms with Gasteiger partial charge in [0, 0.05) is 24.3 Å². The fraction of sp³-hybridized carbons (Fsp3) is 0.308. The second-order valence-electron chi connectivity index (χ2n) is 3.95. The van der Waals surface area contributed by atoms with Crippen LogP contribution in [0.3, 0.4) is 0 Å². The lowest BCUT2D eigenvalue weighted by Gasteiger charge is -2.01. The molecule has 0 aliphatic heterocycles. The largest absolute Gasteiger partial charge is 0.261 e. The van der Waals surface area contributed by atoms with Crippen molar-refractivity contribution in [2.24, 2.45) is 0 Å². The SMILES string of the molecule is Cc1ccc(CCc2cnc(C)nc2)cn1. The molecule has 0 fully saturated rings. The number of aromatic nitrogens is 3. The lowest BCUT2D eigenvalue weighted by Crippen LogP contribution is -1.95. The van der Waals surface area contributed by atoms with Crippen molar-refractivity contribution < 1.29 is 0 Å². The first kappa shape index (κ1) is 10.7. The molecule has 0 radical (unpaired) electrons. The number of hydrogen-bond acceptors (Lipinski definition) is 3. The van der Waals surface area contributed by atoms with Crippen molar-refractivity contribution in [3.05, 3.63) is 53.4 Å². The van der Waals surface area contributed by atoms with E-state index in [0.29, 0.717) is 0 Å². The van der Waals surface area contributed by atoms with Crippen molar-refractivity contribution in [2.45, 2.75) is 26.7 Å². The summed E-state index contributed by atoms with van der Waals surface area (Å²) in [5.74, 6) is 0.820. The Morgan fingerprint density at radius 2 is 1.44 bits per heavy atom. The fourth-order valence-electron chi connectivity index (χ4n) is 1.48. The Bertz CT molecular complexity index is 400. The average molecular weight is 213 g/mol. The van der Waals surface area contributed by atoms with Crippen LogP contribution in [0.4, 0.5) is 0 Å². The molecule has 0 saturated carbocycles. The molecule has 3 nitrogen and oxygen atoms in total. The van der Waals surface area contributed by atoms with E-state index in [1.165, 1.54) is 11.1 Å². The molecule has 2 aromatic rings. The van der Waals surface area contributed by atoms with Crippen molar-refractivity contribution in [2.75, 3.05) is 0 Å². The first-order valence-corrected chi connectivity index (χ1v) is 5.43. The van der Waals surface area contributed by atoms with Gasteiger partial charge < -0.3 is 0 Å². The molecule has 0 unspecified atom stereocenters. The summed E-state index contributed by atoms with van der Waals surface area (Å²) in [6, 6.07) is 4.17. The van der Waals surface area contributed by atoms with E-state index >= 15 is 0 Å². The third kappa shape index (κ3) is 2.86. The van der Waals surface area contributed by atoms with Crippen LogP contribution >= 0.6 is 0 Å². The molecule has 0 aliphatic rings. The van der Waals surface area contributed by atoms with E-state index in [1.807, 2.05) is 38.5 Å². The Kier molecular flexibility index (Phi) is 3.25. The lowest BCUT2D eigenvalue weighted by molar-refractivity contribution is 0.908. The second kappa shape index (κ2) is 4.84. The lowest BCUT2D eigenvalue weighted by atomic mass is 10.1. The molecule has 0 atom stereocenters. The first-order chi connectivity index (χ1) is 7.74. The molecule has 82 valence electrons. The van der Waals surface area contributed by atoms with Gasteiger partial charge in [-0.2, -0.15) is 0 Å². The molecule has 2 rings (SSSR count). The summed E-state index contributed by atoms with van der Waals surface area (Å²) in [6.45, 7) is 3.89. The highest BCUT2D eigenvalue weighted by molar-refractivity contribution is 5.15. The zero-order chi connectivity index (χ0) is 11.4. The first-order valence-electron chi connectivity index (χ1n) is 5.43. The molecular weight excluding hydrogens is 198 g/mol. The van der Waals surface area contributed by atoms with Crippen LogP contribution in [-0.2, 0) is 12.8 Å². The Balaban J connectivity index is 1.97. The van der Waals surface area contributed by atoms with Gasteiger partial charge >= 0.3 is 0 Å². The molecule has 2 aromatic heterocycles. The molecule has 0 aromatic carbocycles. The van der Waals surface area contributed by atoms with Crippen LogP contribution < -0.4 is 0 Å². The van der Waals surface area contributed by atoms with E-state index in [1.54, 1.807) is 0 Å². The standard InChI is InChI=1S/C13H15N3/c1-10-3-4-12(7-14-10)5-6-13-8-15-11(2)16-9-13/h3-4,7-9H,5-6H2,1-2H3. The zero-order valence-corrected chi connectivity index (χ0v) is 9.64. The third-order valence-electron chi connectivity index (χ3n) is 2.51. The summed E-state index contributed by atoms with van der Waals surface area (Å²) in [4.78, 5) is 12.6. The van der Waals surface area contributed by atoms with Gasteiger partial charge in [0.05, 0.1) is 0 Å². The predicted octanol–water partition coefficient (Wildman–Crippen LogP) is 2.27. The van der Waals surface area contributed by atoms with Gasteiger partial charge in [0.2, 0.25) is 0 Å². The minimum atomic E-state index is 0.820. The monoisotopic (exact) mass is 213 g/mol. The third-order valence-corrected chi connectivity index (χ3v) is 2.51. The van der Waals surface area contributed by atoms with E-state index in [4.69, 9.17) is 0 Å². The van der Waals surface area contributed by atoms with Crippen molar-refractivity contribution >= 4 is 0 Å². The Labute approximate surface area is 95.6 Å². The van der Waals surface area contributed by atoms with Crippen LogP contribution in [0, 0.1) is 13.8 Å². The predicted molar refractivity (Wildman–Crippen MR) is 63.2 cm³/mol. The van der Waals surface area contributed by atoms with E-state index in [0.717, 1.165) is 24.4 Å². The van der Waals surface area contributed by atoms with Gasteiger partial charge in [0.15, 0.2) is 0 Å². The molecule has 0 bridgehead atoms. The van der Waals surface area contributed by atoms with Crippen molar-refractivity contribution in [1.29, 1.82) is 0 Å². The highest BCUT2D eigenvalue weighted by Crippen LogP contribution is 2.05. The maximum atomic E-state index is 4.27. The van der Waals surface area contributed by atoms with Gasteiger partial charge in [-0.1, -0.05) is 6.07 Å². The molecule has 0 saturated heterocycles. The van der Waals surface area contributed by atoms with Crippen molar-refractivity contribution in [1.82, 2.24) is 15.0 Å². The molecule has 0 spiro atoms. The molecule has 2 heterocycles. The van der Waals surface area contributed by atoms with Crippen molar-refractivity contribution in [3.8, 4) is 0 Å². The summed E-state index contributed by atoms with van der Waals surface area (Å²) in [5, 5.41) is 0. The van der Waals surface area contributed by atoms with E-state index < -0.39 is 0 Å². The molecule has 0 N–H and O–H groups in total. The van der Waals surface area contributed by atoms with Crippen LogP contribution in [0.2, 0.25) is 0 Å². The zero-order valence-electron chi connectivity index (χ0n) is 9.64. The van der Waals surface area contributed by atoms with E-state index in [-0.39, 0.29) is 0 Å². The minimum absolute atomic E-state index is 0.820.